The summed E-state index contributed by atoms with van der Waals surface area (Å²) in [6.45, 7) is 13.5. The van der Waals surface area contributed by atoms with Crippen molar-refractivity contribution in [2.45, 2.75) is 60.4 Å². The molecule has 0 amide bonds. The second kappa shape index (κ2) is 6.53. The van der Waals surface area contributed by atoms with Crippen LogP contribution in [0.5, 0.6) is 0 Å². The van der Waals surface area contributed by atoms with Gasteiger partial charge in [0.1, 0.15) is 0 Å². The molecular weight excluding hydrogens is 232 g/mol. The molecule has 1 aromatic rings. The Balaban J connectivity index is 2.75. The van der Waals surface area contributed by atoms with E-state index in [1.54, 1.807) is 0 Å². The first-order valence-electron chi connectivity index (χ1n) is 7.26. The van der Waals surface area contributed by atoms with E-state index < -0.39 is 0 Å². The summed E-state index contributed by atoms with van der Waals surface area (Å²) < 4.78 is 0. The van der Waals surface area contributed by atoms with Crippen LogP contribution in [0.3, 0.4) is 0 Å². The Labute approximate surface area is 118 Å². The maximum atomic E-state index is 5.75. The Morgan fingerprint density at radius 1 is 1.16 bits per heavy atom. The van der Waals surface area contributed by atoms with Gasteiger partial charge < -0.3 is 0 Å². The van der Waals surface area contributed by atoms with Crippen LogP contribution in [0.25, 0.3) is 0 Å². The zero-order valence-corrected chi connectivity index (χ0v) is 13.4. The monoisotopic (exact) mass is 262 g/mol. The van der Waals surface area contributed by atoms with E-state index in [0.717, 1.165) is 6.42 Å². The molecule has 0 radical (unpaired) electrons. The quantitative estimate of drug-likeness (QED) is 0.614. The van der Waals surface area contributed by atoms with Crippen LogP contribution in [-0.2, 0) is 0 Å². The minimum absolute atomic E-state index is 0.247. The molecule has 0 saturated heterocycles. The summed E-state index contributed by atoms with van der Waals surface area (Å²) in [5.74, 6) is 6.41. The number of hydrogen-bond donors (Lipinski definition) is 2. The highest BCUT2D eigenvalue weighted by Crippen LogP contribution is 2.30. The van der Waals surface area contributed by atoms with Gasteiger partial charge in [-0.3, -0.25) is 11.3 Å². The van der Waals surface area contributed by atoms with Crippen molar-refractivity contribution in [1.29, 1.82) is 0 Å². The maximum Gasteiger partial charge on any atom is 0.0462 e. The van der Waals surface area contributed by atoms with Crippen molar-refractivity contribution in [3.63, 3.8) is 0 Å². The molecule has 1 aromatic carbocycles. The van der Waals surface area contributed by atoms with Crippen molar-refractivity contribution in [3.05, 3.63) is 34.9 Å². The minimum atomic E-state index is 0.247. The van der Waals surface area contributed by atoms with E-state index in [1.165, 1.54) is 23.1 Å². The summed E-state index contributed by atoms with van der Waals surface area (Å²) in [6, 6.07) is 6.88. The Morgan fingerprint density at radius 3 is 2.26 bits per heavy atom. The van der Waals surface area contributed by atoms with Crippen LogP contribution in [0.1, 0.15) is 63.3 Å². The smallest absolute Gasteiger partial charge is 0.0462 e. The fraction of sp³-hybridized carbons (Fsp3) is 0.647. The highest BCUT2D eigenvalue weighted by molar-refractivity contribution is 5.31. The van der Waals surface area contributed by atoms with Gasteiger partial charge in [-0.25, -0.2) is 0 Å². The van der Waals surface area contributed by atoms with Gasteiger partial charge in [-0.1, -0.05) is 45.9 Å². The first kappa shape index (κ1) is 16.2. The molecule has 0 saturated carbocycles. The van der Waals surface area contributed by atoms with Crippen LogP contribution >= 0.6 is 0 Å². The largest absolute Gasteiger partial charge is 0.271 e. The van der Waals surface area contributed by atoms with Crippen LogP contribution in [0.2, 0.25) is 0 Å². The number of nitrogens with one attached hydrogen (secondary N) is 1. The Bertz CT molecular complexity index is 404. The van der Waals surface area contributed by atoms with Crippen LogP contribution in [0, 0.1) is 25.2 Å². The summed E-state index contributed by atoms with van der Waals surface area (Å²) in [4.78, 5) is 0. The van der Waals surface area contributed by atoms with E-state index >= 15 is 0 Å². The molecule has 0 heterocycles. The number of hydrazine groups is 1. The third-order valence-electron chi connectivity index (χ3n) is 3.73. The SMILES string of the molecule is Cc1ccc(C(CC(C)CC(C)(C)C)NN)cc1C. The van der Waals surface area contributed by atoms with Crippen molar-refractivity contribution in [1.82, 2.24) is 5.43 Å². The number of nitrogens with two attached hydrogens (primary N) is 1. The predicted octanol–water partition coefficient (Wildman–Crippen LogP) is 4.27. The second-order valence-corrected chi connectivity index (χ2v) is 7.17. The maximum absolute atomic E-state index is 5.75. The third-order valence-corrected chi connectivity index (χ3v) is 3.73. The molecule has 0 aliphatic heterocycles. The lowest BCUT2D eigenvalue weighted by Gasteiger charge is -2.27. The molecule has 0 aliphatic carbocycles. The van der Waals surface area contributed by atoms with E-state index in [0.29, 0.717) is 11.3 Å². The summed E-state index contributed by atoms with van der Waals surface area (Å²) >= 11 is 0. The molecule has 2 nitrogen and oxygen atoms in total. The van der Waals surface area contributed by atoms with Gasteiger partial charge in [0.2, 0.25) is 0 Å². The van der Waals surface area contributed by atoms with Gasteiger partial charge in [-0.05, 0) is 54.7 Å². The molecule has 0 bridgehead atoms. The summed E-state index contributed by atoms with van der Waals surface area (Å²) in [5.41, 5.74) is 7.33. The normalized spacial score (nSPS) is 15.3. The minimum Gasteiger partial charge on any atom is -0.271 e. The molecule has 2 atom stereocenters. The van der Waals surface area contributed by atoms with Crippen LogP contribution in [-0.4, -0.2) is 0 Å². The van der Waals surface area contributed by atoms with E-state index in [1.807, 2.05) is 0 Å². The van der Waals surface area contributed by atoms with Crippen LogP contribution < -0.4 is 11.3 Å². The van der Waals surface area contributed by atoms with Crippen molar-refractivity contribution < 1.29 is 0 Å². The van der Waals surface area contributed by atoms with Gasteiger partial charge in [0.25, 0.3) is 0 Å². The summed E-state index contributed by atoms with van der Waals surface area (Å²) in [5, 5.41) is 0. The number of aryl methyl sites for hydroxylation is 2. The van der Waals surface area contributed by atoms with Crippen molar-refractivity contribution >= 4 is 0 Å². The van der Waals surface area contributed by atoms with Gasteiger partial charge in [0.15, 0.2) is 0 Å². The topological polar surface area (TPSA) is 38.0 Å². The van der Waals surface area contributed by atoms with E-state index in [4.69, 9.17) is 5.84 Å². The van der Waals surface area contributed by atoms with E-state index in [9.17, 15) is 0 Å². The number of rotatable bonds is 5. The third kappa shape index (κ3) is 5.33. The Kier molecular flexibility index (Phi) is 5.57. The first-order chi connectivity index (χ1) is 8.73. The molecular formula is C17H30N2. The van der Waals surface area contributed by atoms with E-state index in [2.05, 4.69) is 65.2 Å². The molecule has 108 valence electrons. The Morgan fingerprint density at radius 2 is 1.79 bits per heavy atom. The van der Waals surface area contributed by atoms with Gasteiger partial charge >= 0.3 is 0 Å². The average molecular weight is 262 g/mol. The lowest BCUT2D eigenvalue weighted by atomic mass is 9.82. The van der Waals surface area contributed by atoms with Gasteiger partial charge in [-0.15, -0.1) is 0 Å². The standard InChI is InChI=1S/C17H30N2/c1-12(11-17(4,5)6)9-16(19-18)15-8-7-13(2)14(3)10-15/h7-8,10,12,16,19H,9,11,18H2,1-6H3. The molecule has 0 aromatic heterocycles. The number of hydrogen-bond acceptors (Lipinski definition) is 2. The molecule has 2 heteroatoms. The highest BCUT2D eigenvalue weighted by atomic mass is 15.2. The lowest BCUT2D eigenvalue weighted by Crippen LogP contribution is -2.30. The second-order valence-electron chi connectivity index (χ2n) is 7.17. The average Bonchev–Trinajstić information content (AvgIpc) is 2.27. The fourth-order valence-electron chi connectivity index (χ4n) is 2.81. The molecule has 1 rings (SSSR count). The fourth-order valence-corrected chi connectivity index (χ4v) is 2.81. The molecule has 2 unspecified atom stereocenters. The van der Waals surface area contributed by atoms with Gasteiger partial charge in [-0.2, -0.15) is 0 Å². The Hall–Kier alpha value is -0.860. The molecule has 0 spiro atoms. The summed E-state index contributed by atoms with van der Waals surface area (Å²) in [7, 11) is 0. The molecule has 0 aliphatic rings. The van der Waals surface area contributed by atoms with Gasteiger partial charge in [0, 0.05) is 6.04 Å². The zero-order chi connectivity index (χ0) is 14.6. The zero-order valence-electron chi connectivity index (χ0n) is 13.4. The molecule has 3 N–H and O–H groups in total. The van der Waals surface area contributed by atoms with Crippen molar-refractivity contribution in [2.75, 3.05) is 0 Å². The molecule has 0 fully saturated rings. The van der Waals surface area contributed by atoms with E-state index in [-0.39, 0.29) is 6.04 Å². The van der Waals surface area contributed by atoms with Crippen LogP contribution in [0.15, 0.2) is 18.2 Å². The first-order valence-corrected chi connectivity index (χ1v) is 7.26. The van der Waals surface area contributed by atoms with Gasteiger partial charge in [0.05, 0.1) is 0 Å². The van der Waals surface area contributed by atoms with Crippen LogP contribution in [0.4, 0.5) is 0 Å². The van der Waals surface area contributed by atoms with Crippen molar-refractivity contribution in [3.8, 4) is 0 Å². The predicted molar refractivity (Wildman–Crippen MR) is 83.8 cm³/mol. The highest BCUT2D eigenvalue weighted by Gasteiger charge is 2.19. The lowest BCUT2D eigenvalue weighted by molar-refractivity contribution is 0.276. The summed E-state index contributed by atoms with van der Waals surface area (Å²) in [6.07, 6.45) is 2.30. The van der Waals surface area contributed by atoms with Crippen molar-refractivity contribution in [2.24, 2.45) is 17.2 Å². The number of benzene rings is 1. The molecule has 19 heavy (non-hydrogen) atoms.